The molecule has 33 heavy (non-hydrogen) atoms. The van der Waals surface area contributed by atoms with Crippen molar-refractivity contribution in [3.63, 3.8) is 0 Å². The zero-order valence-electron chi connectivity index (χ0n) is 18.3. The van der Waals surface area contributed by atoms with Crippen molar-refractivity contribution in [1.29, 1.82) is 0 Å². The number of rotatable bonds is 1. The fourth-order valence-electron chi connectivity index (χ4n) is 6.01. The van der Waals surface area contributed by atoms with Crippen molar-refractivity contribution >= 4 is 29.1 Å². The molecule has 0 bridgehead atoms. The van der Waals surface area contributed by atoms with Gasteiger partial charge < -0.3 is 15.0 Å². The van der Waals surface area contributed by atoms with Gasteiger partial charge in [0.15, 0.2) is 0 Å². The van der Waals surface area contributed by atoms with E-state index in [2.05, 4.69) is 11.4 Å². The Balaban J connectivity index is 1.63. The molecule has 2 amide bonds. The van der Waals surface area contributed by atoms with E-state index in [4.69, 9.17) is 16.3 Å². The lowest BCUT2D eigenvalue weighted by atomic mass is 9.73. The van der Waals surface area contributed by atoms with Crippen molar-refractivity contribution in [3.05, 3.63) is 94.0 Å². The van der Waals surface area contributed by atoms with Crippen molar-refractivity contribution in [3.8, 4) is 5.75 Å². The predicted octanol–water partition coefficient (Wildman–Crippen LogP) is 5.35. The maximum absolute atomic E-state index is 14.2. The topological polar surface area (TPSA) is 58.6 Å². The molecular weight excluding hydrogens is 436 g/mol. The molecule has 166 valence electrons. The summed E-state index contributed by atoms with van der Waals surface area (Å²) in [6.45, 7) is 4.35. The van der Waals surface area contributed by atoms with Crippen LogP contribution in [0.1, 0.15) is 45.9 Å². The van der Waals surface area contributed by atoms with Crippen LogP contribution < -0.4 is 10.1 Å². The van der Waals surface area contributed by atoms with Gasteiger partial charge in [-0.25, -0.2) is 0 Å². The van der Waals surface area contributed by atoms with E-state index in [-0.39, 0.29) is 29.7 Å². The number of benzene rings is 3. The van der Waals surface area contributed by atoms with E-state index in [1.165, 1.54) is 0 Å². The molecular formula is C27H23ClN2O3. The first-order valence-electron chi connectivity index (χ1n) is 11.1. The van der Waals surface area contributed by atoms with Crippen LogP contribution in [0.4, 0.5) is 5.69 Å². The second-order valence-corrected chi connectivity index (χ2v) is 9.75. The van der Waals surface area contributed by atoms with E-state index in [9.17, 15) is 9.59 Å². The van der Waals surface area contributed by atoms with E-state index in [1.54, 1.807) is 18.2 Å². The molecule has 3 aromatic rings. The molecule has 0 saturated carbocycles. The van der Waals surface area contributed by atoms with Crippen LogP contribution in [0.15, 0.2) is 66.7 Å². The number of anilines is 1. The van der Waals surface area contributed by atoms with Crippen molar-refractivity contribution in [2.75, 3.05) is 11.9 Å². The summed E-state index contributed by atoms with van der Waals surface area (Å²) in [4.78, 5) is 29.9. The van der Waals surface area contributed by atoms with Crippen molar-refractivity contribution in [2.45, 2.75) is 31.3 Å². The molecule has 0 aromatic heterocycles. The van der Waals surface area contributed by atoms with Crippen molar-refractivity contribution < 1.29 is 14.3 Å². The fraction of sp³-hybridized carbons (Fsp3) is 0.259. The highest BCUT2D eigenvalue weighted by molar-refractivity contribution is 6.31. The third-order valence-corrected chi connectivity index (χ3v) is 7.67. The molecule has 6 rings (SSSR count). The average molecular weight is 459 g/mol. The zero-order chi connectivity index (χ0) is 22.9. The Kier molecular flexibility index (Phi) is 4.36. The van der Waals surface area contributed by atoms with Gasteiger partial charge in [0.2, 0.25) is 0 Å². The minimum absolute atomic E-state index is 0.0738. The van der Waals surface area contributed by atoms with Gasteiger partial charge in [0.1, 0.15) is 11.3 Å². The number of fused-ring (bicyclic) bond motifs is 6. The van der Waals surface area contributed by atoms with Crippen LogP contribution in [0.25, 0.3) is 0 Å². The van der Waals surface area contributed by atoms with Crippen LogP contribution in [-0.4, -0.2) is 28.9 Å². The Bertz CT molecular complexity index is 1310. The summed E-state index contributed by atoms with van der Waals surface area (Å²) in [5.41, 5.74) is 2.84. The van der Waals surface area contributed by atoms with Crippen LogP contribution in [0.5, 0.6) is 5.75 Å². The molecule has 1 fully saturated rings. The Labute approximate surface area is 197 Å². The second-order valence-electron chi connectivity index (χ2n) is 9.32. The van der Waals surface area contributed by atoms with E-state index in [0.717, 1.165) is 22.4 Å². The molecule has 3 heterocycles. The van der Waals surface area contributed by atoms with Gasteiger partial charge in [-0.2, -0.15) is 0 Å². The standard InChI is InChI=1S/C27H23ClN2O3/c1-15-8-11-22-19(12-15)24-20(14-33-22)23(16-6-4-3-5-7-16)27(2)26(32)29-21-13-17(28)9-10-18(21)25(31)30(24)27/h3-13,20,23-24H,14H2,1-2H3,(H,29,32)/t20?,23?,24?,27-/m1/s1. The van der Waals surface area contributed by atoms with Crippen molar-refractivity contribution in [1.82, 2.24) is 4.90 Å². The maximum Gasteiger partial charge on any atom is 0.257 e. The largest absolute Gasteiger partial charge is 0.493 e. The Morgan fingerprint density at radius 1 is 1.06 bits per heavy atom. The molecule has 1 saturated heterocycles. The lowest BCUT2D eigenvalue weighted by Gasteiger charge is -2.38. The Hall–Kier alpha value is -3.31. The summed E-state index contributed by atoms with van der Waals surface area (Å²) in [5.74, 6) is 0.0627. The molecule has 6 heteroatoms. The molecule has 3 aliphatic rings. The molecule has 1 N–H and O–H groups in total. The predicted molar refractivity (Wildman–Crippen MR) is 127 cm³/mol. The Morgan fingerprint density at radius 3 is 2.64 bits per heavy atom. The molecule has 3 unspecified atom stereocenters. The third-order valence-electron chi connectivity index (χ3n) is 7.43. The number of aryl methyl sites for hydroxylation is 1. The van der Waals surface area contributed by atoms with Gasteiger partial charge in [-0.05, 0) is 43.7 Å². The van der Waals surface area contributed by atoms with Gasteiger partial charge in [-0.15, -0.1) is 0 Å². The SMILES string of the molecule is Cc1ccc2c(c1)C1C(CO2)C(c2ccccc2)[C@]2(C)C(=O)Nc3cc(Cl)ccc3C(=O)N12. The number of nitrogens with one attached hydrogen (secondary N) is 1. The summed E-state index contributed by atoms with van der Waals surface area (Å²) in [7, 11) is 0. The number of carbonyl (C=O) groups excluding carboxylic acids is 2. The highest BCUT2D eigenvalue weighted by atomic mass is 35.5. The second kappa shape index (κ2) is 7.09. The van der Waals surface area contributed by atoms with Crippen LogP contribution >= 0.6 is 11.6 Å². The fourth-order valence-corrected chi connectivity index (χ4v) is 6.18. The molecule has 0 spiro atoms. The van der Waals surface area contributed by atoms with E-state index in [1.807, 2.05) is 61.2 Å². The van der Waals surface area contributed by atoms with E-state index in [0.29, 0.717) is 22.9 Å². The number of amides is 2. The first-order chi connectivity index (χ1) is 15.9. The maximum atomic E-state index is 14.2. The Morgan fingerprint density at radius 2 is 1.85 bits per heavy atom. The lowest BCUT2D eigenvalue weighted by Crippen LogP contribution is -2.54. The minimum Gasteiger partial charge on any atom is -0.493 e. The zero-order valence-corrected chi connectivity index (χ0v) is 19.1. The molecule has 3 aromatic carbocycles. The van der Waals surface area contributed by atoms with Gasteiger partial charge in [0, 0.05) is 22.4 Å². The lowest BCUT2D eigenvalue weighted by molar-refractivity contribution is -0.125. The number of nitrogens with zero attached hydrogens (tertiary/aromatic N) is 1. The van der Waals surface area contributed by atoms with E-state index >= 15 is 0 Å². The van der Waals surface area contributed by atoms with Crippen LogP contribution in [-0.2, 0) is 4.79 Å². The van der Waals surface area contributed by atoms with Crippen LogP contribution in [0.3, 0.4) is 0 Å². The molecule has 3 aliphatic heterocycles. The number of halogens is 1. The smallest absolute Gasteiger partial charge is 0.257 e. The number of carbonyl (C=O) groups is 2. The van der Waals surface area contributed by atoms with Gasteiger partial charge in [0.25, 0.3) is 11.8 Å². The van der Waals surface area contributed by atoms with Crippen LogP contribution in [0, 0.1) is 12.8 Å². The summed E-state index contributed by atoms with van der Waals surface area (Å²) >= 11 is 6.21. The molecule has 4 atom stereocenters. The molecule has 0 radical (unpaired) electrons. The summed E-state index contributed by atoms with van der Waals surface area (Å²) in [6.07, 6.45) is 0. The number of ether oxygens (including phenoxy) is 1. The highest BCUT2D eigenvalue weighted by Crippen LogP contribution is 2.60. The van der Waals surface area contributed by atoms with Crippen molar-refractivity contribution in [2.24, 2.45) is 5.92 Å². The first-order valence-corrected chi connectivity index (χ1v) is 11.5. The summed E-state index contributed by atoms with van der Waals surface area (Å²) in [5, 5.41) is 3.49. The molecule has 0 aliphatic carbocycles. The highest BCUT2D eigenvalue weighted by Gasteiger charge is 2.65. The molecule has 5 nitrogen and oxygen atoms in total. The van der Waals surface area contributed by atoms with Crippen LogP contribution in [0.2, 0.25) is 5.02 Å². The number of hydrogen-bond donors (Lipinski definition) is 1. The van der Waals surface area contributed by atoms with E-state index < -0.39 is 5.54 Å². The first kappa shape index (κ1) is 20.3. The minimum atomic E-state index is -1.12. The van der Waals surface area contributed by atoms with Gasteiger partial charge >= 0.3 is 0 Å². The third kappa shape index (κ3) is 2.78. The quantitative estimate of drug-likeness (QED) is 0.534. The van der Waals surface area contributed by atoms with Gasteiger partial charge in [-0.3, -0.25) is 9.59 Å². The summed E-state index contributed by atoms with van der Waals surface area (Å²) < 4.78 is 6.19. The summed E-state index contributed by atoms with van der Waals surface area (Å²) in [6, 6.07) is 20.8. The normalized spacial score (nSPS) is 27.5. The van der Waals surface area contributed by atoms with Gasteiger partial charge in [-0.1, -0.05) is 59.6 Å². The van der Waals surface area contributed by atoms with Gasteiger partial charge in [0.05, 0.1) is 23.9 Å². The average Bonchev–Trinajstić information content (AvgIpc) is 3.05. The monoisotopic (exact) mass is 458 g/mol. The number of hydrogen-bond acceptors (Lipinski definition) is 3.